The van der Waals surface area contributed by atoms with E-state index >= 15 is 0 Å². The molecule has 25 heavy (non-hydrogen) atoms. The molecule has 0 aromatic heterocycles. The third kappa shape index (κ3) is 14.1. The zero-order valence-corrected chi connectivity index (χ0v) is 20.9. The van der Waals surface area contributed by atoms with Crippen LogP contribution in [0.25, 0.3) is 10.6 Å². The van der Waals surface area contributed by atoms with Gasteiger partial charge >= 0.3 is 25.8 Å². The molecule has 0 unspecified atom stereocenters. The van der Waals surface area contributed by atoms with Crippen LogP contribution in [0.4, 0.5) is 11.4 Å². The molecule has 0 N–H and O–H groups in total. The van der Waals surface area contributed by atoms with Gasteiger partial charge in [0.2, 0.25) is 0 Å². The maximum Gasteiger partial charge on any atom is 4.00 e. The molecule has 132 valence electrons. The molecule has 0 saturated carbocycles. The van der Waals surface area contributed by atoms with E-state index in [0.29, 0.717) is 12.8 Å². The van der Waals surface area contributed by atoms with E-state index in [1.165, 1.54) is 0 Å². The first-order valence-corrected chi connectivity index (χ1v) is 7.25. The Bertz CT molecular complexity index is 531. The van der Waals surface area contributed by atoms with Crippen LogP contribution in [0.15, 0.2) is 60.7 Å². The van der Waals surface area contributed by atoms with E-state index in [9.17, 15) is 9.59 Å². The summed E-state index contributed by atoms with van der Waals surface area (Å²) in [5, 5.41) is 7.68. The van der Waals surface area contributed by atoms with Crippen LogP contribution in [0.2, 0.25) is 0 Å². The Morgan fingerprint density at radius 3 is 1.20 bits per heavy atom. The molecular formula is C18H20Br2HfN2O2. The largest absolute Gasteiger partial charge is 4.00 e. The van der Waals surface area contributed by atoms with Crippen LogP contribution in [0, 0.1) is 0 Å². The van der Waals surface area contributed by atoms with E-state index < -0.39 is 0 Å². The van der Waals surface area contributed by atoms with Crippen molar-refractivity contribution in [3.05, 3.63) is 71.3 Å². The maximum atomic E-state index is 10.8. The molecule has 0 saturated heterocycles. The second kappa shape index (κ2) is 18.0. The Balaban J connectivity index is -0.000000346. The van der Waals surface area contributed by atoms with Crippen molar-refractivity contribution in [3.63, 3.8) is 0 Å². The molecular weight excluding hydrogens is 615 g/mol. The van der Waals surface area contributed by atoms with Crippen molar-refractivity contribution in [3.8, 4) is 0 Å². The van der Waals surface area contributed by atoms with E-state index in [0.717, 1.165) is 11.4 Å². The molecule has 4 nitrogen and oxygen atoms in total. The Hall–Kier alpha value is -0.790. The summed E-state index contributed by atoms with van der Waals surface area (Å²) in [7, 11) is 0. The van der Waals surface area contributed by atoms with Gasteiger partial charge in [-0.3, -0.25) is 0 Å². The van der Waals surface area contributed by atoms with E-state index in [-0.39, 0.29) is 71.6 Å². The Morgan fingerprint density at radius 2 is 0.960 bits per heavy atom. The van der Waals surface area contributed by atoms with Gasteiger partial charge in [-0.1, -0.05) is 74.5 Å². The van der Waals surface area contributed by atoms with E-state index in [1.807, 2.05) is 60.7 Å². The van der Waals surface area contributed by atoms with Crippen LogP contribution in [0.5, 0.6) is 0 Å². The molecule has 0 radical (unpaired) electrons. The minimum absolute atomic E-state index is 0. The molecule has 0 heterocycles. The average Bonchev–Trinajstić information content (AvgIpc) is 2.57. The van der Waals surface area contributed by atoms with Crippen LogP contribution < -0.4 is 34.0 Å². The zero-order chi connectivity index (χ0) is 16.2. The van der Waals surface area contributed by atoms with Gasteiger partial charge in [-0.25, -0.2) is 0 Å². The van der Waals surface area contributed by atoms with Crippen molar-refractivity contribution in [2.45, 2.75) is 26.7 Å². The summed E-state index contributed by atoms with van der Waals surface area (Å²) in [6.07, 6.45) is 0.934. The number of benzene rings is 2. The molecule has 0 atom stereocenters. The second-order valence-corrected chi connectivity index (χ2v) is 4.39. The number of hydrogen-bond acceptors (Lipinski definition) is 2. The summed E-state index contributed by atoms with van der Waals surface area (Å²) in [6, 6.07) is 18.5. The van der Waals surface area contributed by atoms with Crippen LogP contribution in [-0.2, 0) is 35.4 Å². The van der Waals surface area contributed by atoms with Gasteiger partial charge in [0.05, 0.1) is 11.8 Å². The zero-order valence-electron chi connectivity index (χ0n) is 14.2. The smallest absolute Gasteiger partial charge is 1.00 e. The van der Waals surface area contributed by atoms with Gasteiger partial charge in [-0.05, 0) is 12.8 Å². The van der Waals surface area contributed by atoms with Gasteiger partial charge in [0, 0.05) is 0 Å². The van der Waals surface area contributed by atoms with Crippen LogP contribution >= 0.6 is 0 Å². The molecule has 7 heteroatoms. The Morgan fingerprint density at radius 1 is 0.680 bits per heavy atom. The van der Waals surface area contributed by atoms with Gasteiger partial charge in [0.1, 0.15) is 0 Å². The summed E-state index contributed by atoms with van der Waals surface area (Å²) in [4.78, 5) is 21.6. The number of carbonyl (C=O) groups is 2. The number of para-hydroxylation sites is 2. The fourth-order valence-corrected chi connectivity index (χ4v) is 1.45. The summed E-state index contributed by atoms with van der Waals surface area (Å²) in [6.45, 7) is 3.60. The molecule has 0 fully saturated rings. The number of nitrogens with zero attached hydrogens (tertiary/aromatic N) is 2. The molecule has 0 aliphatic rings. The van der Waals surface area contributed by atoms with Crippen molar-refractivity contribution in [1.82, 2.24) is 0 Å². The van der Waals surface area contributed by atoms with Gasteiger partial charge in [-0.2, -0.15) is 0 Å². The van der Waals surface area contributed by atoms with Crippen molar-refractivity contribution >= 4 is 23.2 Å². The molecule has 2 aromatic rings. The quantitative estimate of drug-likeness (QED) is 0.417. The minimum Gasteiger partial charge on any atom is -1.00 e. The van der Waals surface area contributed by atoms with Crippen molar-refractivity contribution in [1.29, 1.82) is 0 Å². The van der Waals surface area contributed by atoms with Crippen LogP contribution in [0.3, 0.4) is 0 Å². The average molecular weight is 635 g/mol. The molecule has 0 aliphatic heterocycles. The van der Waals surface area contributed by atoms with Crippen molar-refractivity contribution in [2.75, 3.05) is 0 Å². The molecule has 0 bridgehead atoms. The predicted octanol–water partition coefficient (Wildman–Crippen LogP) is -0.738. The van der Waals surface area contributed by atoms with E-state index in [2.05, 4.69) is 10.6 Å². The first kappa shape index (κ1) is 29.0. The molecule has 0 aliphatic carbocycles. The molecule has 0 spiro atoms. The molecule has 2 amide bonds. The Labute approximate surface area is 189 Å². The van der Waals surface area contributed by atoms with Crippen LogP contribution in [0.1, 0.15) is 26.7 Å². The number of halogens is 2. The second-order valence-electron chi connectivity index (χ2n) is 4.39. The third-order valence-corrected chi connectivity index (χ3v) is 2.62. The van der Waals surface area contributed by atoms with Gasteiger partial charge in [0.25, 0.3) is 0 Å². The molecule has 2 aromatic carbocycles. The summed E-state index contributed by atoms with van der Waals surface area (Å²) < 4.78 is 0. The van der Waals surface area contributed by atoms with Crippen molar-refractivity contribution < 1.29 is 69.4 Å². The summed E-state index contributed by atoms with van der Waals surface area (Å²) in [5.41, 5.74) is 1.47. The van der Waals surface area contributed by atoms with E-state index in [4.69, 9.17) is 0 Å². The van der Waals surface area contributed by atoms with Gasteiger partial charge in [-0.15, -0.1) is 11.4 Å². The predicted molar refractivity (Wildman–Crippen MR) is 89.5 cm³/mol. The Kier molecular flexibility index (Phi) is 20.9. The monoisotopic (exact) mass is 634 g/mol. The van der Waals surface area contributed by atoms with Gasteiger partial charge in [0.15, 0.2) is 0 Å². The van der Waals surface area contributed by atoms with Crippen LogP contribution in [-0.4, -0.2) is 11.8 Å². The third-order valence-electron chi connectivity index (χ3n) is 2.62. The molecule has 2 rings (SSSR count). The fraction of sp³-hybridized carbons (Fsp3) is 0.222. The SMILES string of the molecule is CCC(=O)[N-]c1ccccc1.CCC(=O)[N-]c1ccccc1.[Br-].[Br-].[Hf+4]. The maximum absolute atomic E-state index is 10.8. The minimum atomic E-state index is -0.0730. The number of carbonyl (C=O) groups excluding carboxylic acids is 2. The number of amides is 2. The topological polar surface area (TPSA) is 62.3 Å². The van der Waals surface area contributed by atoms with Gasteiger partial charge < -0.3 is 54.2 Å². The fourth-order valence-electron chi connectivity index (χ4n) is 1.45. The number of hydrogen-bond donors (Lipinski definition) is 0. The first-order valence-electron chi connectivity index (χ1n) is 7.25. The summed E-state index contributed by atoms with van der Waals surface area (Å²) in [5.74, 6) is -0.146. The summed E-state index contributed by atoms with van der Waals surface area (Å²) >= 11 is 0. The van der Waals surface area contributed by atoms with E-state index in [1.54, 1.807) is 13.8 Å². The standard InChI is InChI=1S/2C9H11NO.2BrH.Hf/c2*1-2-9(11)10-8-6-4-3-5-7-8;;;/h2*3-7H,2H2,1H3,(H,10,11);2*1H;/q;;;;+4/p-4. The first-order chi connectivity index (χ1) is 10.7. The van der Waals surface area contributed by atoms with Crippen molar-refractivity contribution in [2.24, 2.45) is 0 Å². The normalized spacial score (nSPS) is 8.08. The number of rotatable bonds is 4.